The molecule has 2 aliphatic rings. The number of nitrogens with zero attached hydrogens (tertiary/aromatic N) is 2. The van der Waals surface area contributed by atoms with Gasteiger partial charge in [-0.15, -0.1) is 0 Å². The molecule has 2 amide bonds. The normalized spacial score (nSPS) is 22.7. The van der Waals surface area contributed by atoms with Gasteiger partial charge in [0.2, 0.25) is 0 Å². The van der Waals surface area contributed by atoms with Crippen molar-refractivity contribution >= 4 is 12.3 Å². The van der Waals surface area contributed by atoms with E-state index in [1.54, 1.807) is 11.9 Å². The van der Waals surface area contributed by atoms with Crippen LogP contribution in [0.5, 0.6) is 0 Å². The standard InChI is InChI=1S/C24H32F6N4O3/c1-31-19-15-34(10-7-20(19)37-12-11-35)22(36)33-8-5-17(6-9-33)21(24(28,29)30)32-14-16-3-2-4-18(13-16)23(25,26)27/h2-4,11,13,17,19-21,31-32H,5-10,12,14-15H2,1H3/t19-,20+,21?/m1/s1. The number of amides is 2. The maximum absolute atomic E-state index is 13.9. The third kappa shape index (κ3) is 7.81. The summed E-state index contributed by atoms with van der Waals surface area (Å²) >= 11 is 0. The number of aldehydes is 1. The van der Waals surface area contributed by atoms with E-state index in [1.807, 2.05) is 0 Å². The fraction of sp³-hybridized carbons (Fsp3) is 0.667. The maximum Gasteiger partial charge on any atom is 0.416 e. The number of likely N-dealkylation sites (tertiary alicyclic amines) is 2. The minimum atomic E-state index is -4.60. The summed E-state index contributed by atoms with van der Waals surface area (Å²) in [6, 6.07) is 1.89. The molecule has 0 aromatic heterocycles. The van der Waals surface area contributed by atoms with E-state index in [0.717, 1.165) is 12.1 Å². The lowest BCUT2D eigenvalue weighted by Crippen LogP contribution is -2.59. The first-order valence-corrected chi connectivity index (χ1v) is 12.2. The molecule has 0 bridgehead atoms. The number of hydrogen-bond acceptors (Lipinski definition) is 5. The van der Waals surface area contributed by atoms with Crippen molar-refractivity contribution in [2.45, 2.75) is 56.3 Å². The van der Waals surface area contributed by atoms with E-state index in [1.165, 1.54) is 17.0 Å². The Kier molecular flexibility index (Phi) is 9.81. The Labute approximate surface area is 211 Å². The third-order valence-electron chi connectivity index (χ3n) is 6.98. The minimum Gasteiger partial charge on any atom is -0.369 e. The summed E-state index contributed by atoms with van der Waals surface area (Å²) in [5.74, 6) is -0.817. The zero-order valence-corrected chi connectivity index (χ0v) is 20.4. The van der Waals surface area contributed by atoms with E-state index < -0.39 is 29.9 Å². The molecule has 2 heterocycles. The highest BCUT2D eigenvalue weighted by Crippen LogP contribution is 2.33. The Morgan fingerprint density at radius 1 is 1.11 bits per heavy atom. The molecule has 2 N–H and O–H groups in total. The van der Waals surface area contributed by atoms with Crippen molar-refractivity contribution in [2.75, 3.05) is 39.8 Å². The van der Waals surface area contributed by atoms with E-state index in [9.17, 15) is 35.9 Å². The van der Waals surface area contributed by atoms with Crippen LogP contribution in [0.15, 0.2) is 24.3 Å². The summed E-state index contributed by atoms with van der Waals surface area (Å²) in [4.78, 5) is 26.8. The number of rotatable bonds is 8. The number of halogens is 6. The van der Waals surface area contributed by atoms with Crippen LogP contribution < -0.4 is 10.6 Å². The number of benzene rings is 1. The summed E-state index contributed by atoms with van der Waals surface area (Å²) in [5, 5.41) is 5.49. The summed E-state index contributed by atoms with van der Waals surface area (Å²) < 4.78 is 85.9. The number of carbonyl (C=O) groups excluding carboxylic acids is 2. The molecule has 0 aliphatic carbocycles. The molecule has 0 saturated carbocycles. The Bertz CT molecular complexity index is 905. The Morgan fingerprint density at radius 3 is 2.38 bits per heavy atom. The predicted octanol–water partition coefficient (Wildman–Crippen LogP) is 3.44. The predicted molar refractivity (Wildman–Crippen MR) is 123 cm³/mol. The van der Waals surface area contributed by atoms with Gasteiger partial charge in [0.15, 0.2) is 0 Å². The molecule has 7 nitrogen and oxygen atoms in total. The largest absolute Gasteiger partial charge is 0.416 e. The monoisotopic (exact) mass is 538 g/mol. The van der Waals surface area contributed by atoms with Crippen LogP contribution in [-0.4, -0.2) is 86.3 Å². The van der Waals surface area contributed by atoms with Crippen LogP contribution in [0.25, 0.3) is 0 Å². The number of nitrogens with one attached hydrogen (secondary N) is 2. The molecule has 13 heteroatoms. The molecule has 208 valence electrons. The highest BCUT2D eigenvalue weighted by atomic mass is 19.4. The Balaban J connectivity index is 1.56. The second-order valence-electron chi connectivity index (χ2n) is 9.37. The third-order valence-corrected chi connectivity index (χ3v) is 6.98. The summed E-state index contributed by atoms with van der Waals surface area (Å²) in [7, 11) is 1.73. The van der Waals surface area contributed by atoms with Crippen molar-refractivity contribution in [3.63, 3.8) is 0 Å². The van der Waals surface area contributed by atoms with Gasteiger partial charge in [-0.3, -0.25) is 0 Å². The van der Waals surface area contributed by atoms with Gasteiger partial charge in [0.05, 0.1) is 17.7 Å². The highest BCUT2D eigenvalue weighted by Gasteiger charge is 2.46. The molecule has 1 aromatic carbocycles. The van der Waals surface area contributed by atoms with Crippen molar-refractivity contribution in [3.05, 3.63) is 35.4 Å². The molecule has 37 heavy (non-hydrogen) atoms. The molecule has 0 spiro atoms. The molecule has 1 unspecified atom stereocenters. The lowest BCUT2D eigenvalue weighted by molar-refractivity contribution is -0.171. The number of hydrogen-bond donors (Lipinski definition) is 2. The first-order valence-electron chi connectivity index (χ1n) is 12.2. The summed E-state index contributed by atoms with van der Waals surface area (Å²) in [6.07, 6.45) is -7.99. The Hall–Kier alpha value is -2.38. The van der Waals surface area contributed by atoms with E-state index in [4.69, 9.17) is 4.74 Å². The van der Waals surface area contributed by atoms with Gasteiger partial charge < -0.3 is 30.0 Å². The van der Waals surface area contributed by atoms with Gasteiger partial charge in [-0.1, -0.05) is 18.2 Å². The van der Waals surface area contributed by atoms with Crippen LogP contribution in [0, 0.1) is 5.92 Å². The van der Waals surface area contributed by atoms with Gasteiger partial charge in [-0.05, 0) is 43.9 Å². The van der Waals surface area contributed by atoms with Crippen molar-refractivity contribution in [2.24, 2.45) is 5.92 Å². The van der Waals surface area contributed by atoms with E-state index in [2.05, 4.69) is 10.6 Å². The quantitative estimate of drug-likeness (QED) is 0.392. The first kappa shape index (κ1) is 29.2. The molecule has 2 fully saturated rings. The molecule has 3 rings (SSSR count). The van der Waals surface area contributed by atoms with Gasteiger partial charge in [0, 0.05) is 32.7 Å². The number of piperidine rings is 2. The zero-order chi connectivity index (χ0) is 27.2. The number of urea groups is 1. The van der Waals surface area contributed by atoms with Crippen LogP contribution in [-0.2, 0) is 22.3 Å². The van der Waals surface area contributed by atoms with Gasteiger partial charge in [0.25, 0.3) is 0 Å². The van der Waals surface area contributed by atoms with Gasteiger partial charge >= 0.3 is 18.4 Å². The fourth-order valence-electron chi connectivity index (χ4n) is 5.00. The molecular weight excluding hydrogens is 506 g/mol. The van der Waals surface area contributed by atoms with Crippen molar-refractivity contribution in [3.8, 4) is 0 Å². The van der Waals surface area contributed by atoms with Gasteiger partial charge in [-0.2, -0.15) is 26.3 Å². The maximum atomic E-state index is 13.9. The van der Waals surface area contributed by atoms with Crippen LogP contribution >= 0.6 is 0 Å². The first-order chi connectivity index (χ1) is 17.4. The molecule has 2 saturated heterocycles. The van der Waals surface area contributed by atoms with Crippen molar-refractivity contribution in [1.29, 1.82) is 0 Å². The van der Waals surface area contributed by atoms with E-state index >= 15 is 0 Å². The van der Waals surface area contributed by atoms with Crippen LogP contribution in [0.1, 0.15) is 30.4 Å². The minimum absolute atomic E-state index is 0.0352. The lowest BCUT2D eigenvalue weighted by Gasteiger charge is -2.42. The second kappa shape index (κ2) is 12.4. The highest BCUT2D eigenvalue weighted by molar-refractivity contribution is 5.74. The molecule has 2 aliphatic heterocycles. The van der Waals surface area contributed by atoms with Crippen LogP contribution in [0.3, 0.4) is 0 Å². The zero-order valence-electron chi connectivity index (χ0n) is 20.4. The summed E-state index contributed by atoms with van der Waals surface area (Å²) in [5.41, 5.74) is -0.807. The SMILES string of the molecule is CN[C@@H]1CN(C(=O)N2CCC(C(NCc3cccc(C(F)(F)F)c3)C(F)(F)F)CC2)CC[C@@H]1OCC=O. The summed E-state index contributed by atoms with van der Waals surface area (Å²) in [6.45, 7) is 0.652. The number of alkyl halides is 6. The Morgan fingerprint density at radius 2 is 1.78 bits per heavy atom. The van der Waals surface area contributed by atoms with E-state index in [-0.39, 0.29) is 62.8 Å². The second-order valence-corrected chi connectivity index (χ2v) is 9.37. The van der Waals surface area contributed by atoms with Gasteiger partial charge in [0.1, 0.15) is 18.9 Å². The van der Waals surface area contributed by atoms with E-state index in [0.29, 0.717) is 25.8 Å². The molecular formula is C24H32F6N4O3. The number of likely N-dealkylation sites (N-methyl/N-ethyl adjacent to an activating group) is 1. The van der Waals surface area contributed by atoms with Crippen molar-refractivity contribution < 1.29 is 40.7 Å². The topological polar surface area (TPSA) is 73.9 Å². The lowest BCUT2D eigenvalue weighted by atomic mass is 9.88. The van der Waals surface area contributed by atoms with Crippen LogP contribution in [0.4, 0.5) is 31.1 Å². The molecule has 0 radical (unpaired) electrons. The van der Waals surface area contributed by atoms with Gasteiger partial charge in [-0.25, -0.2) is 4.79 Å². The fourth-order valence-corrected chi connectivity index (χ4v) is 5.00. The average molecular weight is 539 g/mol. The number of carbonyl (C=O) groups is 2. The van der Waals surface area contributed by atoms with Crippen molar-refractivity contribution in [1.82, 2.24) is 20.4 Å². The van der Waals surface area contributed by atoms with Crippen LogP contribution in [0.2, 0.25) is 0 Å². The molecule has 3 atom stereocenters. The molecule has 1 aromatic rings. The average Bonchev–Trinajstić information content (AvgIpc) is 2.86. The number of ether oxygens (including phenoxy) is 1. The smallest absolute Gasteiger partial charge is 0.369 e.